The maximum atomic E-state index is 10.5. The van der Waals surface area contributed by atoms with Crippen molar-refractivity contribution in [3.05, 3.63) is 35.3 Å². The average molecular weight is 231 g/mol. The van der Waals surface area contributed by atoms with E-state index in [1.54, 1.807) is 19.1 Å². The van der Waals surface area contributed by atoms with Crippen LogP contribution in [0.1, 0.15) is 12.1 Å². The maximum Gasteiger partial charge on any atom is 0.267 e. The summed E-state index contributed by atoms with van der Waals surface area (Å²) in [5, 5.41) is 10.5. The maximum absolute atomic E-state index is 10.5. The van der Waals surface area contributed by atoms with Gasteiger partial charge in [-0.05, 0) is 6.42 Å². The second kappa shape index (κ2) is 5.09. The molecule has 1 aromatic rings. The lowest BCUT2D eigenvalue weighted by Gasteiger charge is -1.95. The Kier molecular flexibility index (Phi) is 4.05. The molecule has 1 fully saturated rings. The molecule has 1 aromatic heterocycles. The minimum Gasteiger partial charge on any atom is -0.619 e. The molecule has 0 radical (unpaired) electrons. The van der Waals surface area contributed by atoms with Gasteiger partial charge in [-0.1, -0.05) is 6.07 Å². The molecule has 2 rings (SSSR count). The Morgan fingerprint density at radius 2 is 2.20 bits per heavy atom. The number of pyridine rings is 1. The van der Waals surface area contributed by atoms with Gasteiger partial charge in [0.25, 0.3) is 10.1 Å². The van der Waals surface area contributed by atoms with E-state index < -0.39 is 10.1 Å². The highest BCUT2D eigenvalue weighted by Gasteiger charge is 2.16. The lowest BCUT2D eigenvalue weighted by Crippen LogP contribution is -2.28. The molecule has 1 aliphatic rings. The van der Waals surface area contributed by atoms with E-state index in [0.29, 0.717) is 13.0 Å². The Labute approximate surface area is 89.0 Å². The fourth-order valence-corrected chi connectivity index (χ4v) is 1.96. The Bertz CT molecular complexity index is 383. The predicted octanol–water partition coefficient (Wildman–Crippen LogP) is 0.365. The van der Waals surface area contributed by atoms with Gasteiger partial charge in [0.1, 0.15) is 0 Å². The van der Waals surface area contributed by atoms with E-state index in [-0.39, 0.29) is 5.75 Å². The zero-order valence-corrected chi connectivity index (χ0v) is 9.24. The van der Waals surface area contributed by atoms with Gasteiger partial charge in [-0.3, -0.25) is 4.18 Å². The number of rotatable bonds is 0. The molecular weight excluding hydrogens is 218 g/mol. The first kappa shape index (κ1) is 11.9. The summed E-state index contributed by atoms with van der Waals surface area (Å²) in [5.74, 6) is 0.201. The van der Waals surface area contributed by atoms with Crippen LogP contribution in [0.25, 0.3) is 0 Å². The molecule has 1 aliphatic heterocycles. The summed E-state index contributed by atoms with van der Waals surface area (Å²) in [7, 11) is -3.05. The Morgan fingerprint density at radius 3 is 2.47 bits per heavy atom. The van der Waals surface area contributed by atoms with E-state index in [0.717, 1.165) is 10.4 Å². The van der Waals surface area contributed by atoms with Crippen LogP contribution in [0.3, 0.4) is 0 Å². The van der Waals surface area contributed by atoms with Crippen LogP contribution in [-0.4, -0.2) is 20.8 Å². The molecule has 0 N–H and O–H groups in total. The van der Waals surface area contributed by atoms with Gasteiger partial charge in [0, 0.05) is 19.1 Å². The topological polar surface area (TPSA) is 70.3 Å². The van der Waals surface area contributed by atoms with Gasteiger partial charge in [0.15, 0.2) is 11.9 Å². The van der Waals surface area contributed by atoms with Gasteiger partial charge in [-0.25, -0.2) is 0 Å². The lowest BCUT2D eigenvalue weighted by atomic mass is 10.4. The third-order valence-electron chi connectivity index (χ3n) is 1.82. The second-order valence-electron chi connectivity index (χ2n) is 3.11. The van der Waals surface area contributed by atoms with Crippen molar-refractivity contribution in [1.82, 2.24) is 0 Å². The van der Waals surface area contributed by atoms with Crippen molar-refractivity contribution in [3.8, 4) is 0 Å². The molecule has 0 bridgehead atoms. The van der Waals surface area contributed by atoms with Crippen molar-refractivity contribution < 1.29 is 17.3 Å². The van der Waals surface area contributed by atoms with E-state index in [1.807, 2.05) is 6.07 Å². The first-order valence-corrected chi connectivity index (χ1v) is 6.11. The third kappa shape index (κ3) is 4.26. The van der Waals surface area contributed by atoms with Gasteiger partial charge < -0.3 is 5.21 Å². The molecule has 84 valence electrons. The van der Waals surface area contributed by atoms with Crippen LogP contribution in [0, 0.1) is 12.1 Å². The van der Waals surface area contributed by atoms with Crippen LogP contribution in [-0.2, 0) is 14.3 Å². The molecule has 2 heterocycles. The third-order valence-corrected chi connectivity index (χ3v) is 3.13. The standard InChI is InChI=1S/C6H7NO.C3H6O3S/c1-6-4-2-3-5-7(6)8;4-7(5)3-1-2-6-7/h2-5H,1H3;1-3H2. The molecule has 0 atom stereocenters. The summed E-state index contributed by atoms with van der Waals surface area (Å²) < 4.78 is 25.6. The molecule has 0 saturated carbocycles. The van der Waals surface area contributed by atoms with Crippen molar-refractivity contribution in [3.63, 3.8) is 0 Å². The van der Waals surface area contributed by atoms with E-state index in [9.17, 15) is 13.6 Å². The smallest absolute Gasteiger partial charge is 0.267 e. The Morgan fingerprint density at radius 1 is 1.47 bits per heavy atom. The first-order chi connectivity index (χ1) is 7.01. The van der Waals surface area contributed by atoms with Crippen LogP contribution in [0.15, 0.2) is 24.4 Å². The first-order valence-electron chi connectivity index (χ1n) is 4.53. The SMILES string of the molecule is Cc1cccc[n+]1[O-].O=S1(=O)CCCO1. The summed E-state index contributed by atoms with van der Waals surface area (Å²) >= 11 is 0. The number of aryl methyl sites for hydroxylation is 1. The Balaban J connectivity index is 0.000000151. The van der Waals surface area contributed by atoms with Gasteiger partial charge in [0.05, 0.1) is 12.4 Å². The molecule has 0 aromatic carbocycles. The fourth-order valence-electron chi connectivity index (χ4n) is 0.994. The largest absolute Gasteiger partial charge is 0.619 e. The molecule has 0 unspecified atom stereocenters. The number of nitrogens with zero attached hydrogens (tertiary/aromatic N) is 1. The number of hydrogen-bond acceptors (Lipinski definition) is 4. The van der Waals surface area contributed by atoms with Crippen molar-refractivity contribution in [2.45, 2.75) is 13.3 Å². The molecular formula is C9H13NO4S. The van der Waals surface area contributed by atoms with Crippen molar-refractivity contribution in [1.29, 1.82) is 0 Å². The van der Waals surface area contributed by atoms with E-state index >= 15 is 0 Å². The molecule has 0 amide bonds. The monoisotopic (exact) mass is 231 g/mol. The average Bonchev–Trinajstić information content (AvgIpc) is 2.57. The van der Waals surface area contributed by atoms with Gasteiger partial charge >= 0.3 is 0 Å². The van der Waals surface area contributed by atoms with Crippen molar-refractivity contribution in [2.75, 3.05) is 12.4 Å². The molecule has 1 saturated heterocycles. The predicted molar refractivity (Wildman–Crippen MR) is 54.5 cm³/mol. The minimum atomic E-state index is -3.05. The van der Waals surface area contributed by atoms with Crippen molar-refractivity contribution >= 4 is 10.1 Å². The van der Waals surface area contributed by atoms with Gasteiger partial charge in [-0.2, -0.15) is 13.1 Å². The highest BCUT2D eigenvalue weighted by atomic mass is 32.2. The van der Waals surface area contributed by atoms with Crippen LogP contribution in [0.4, 0.5) is 0 Å². The van der Waals surface area contributed by atoms with Crippen LogP contribution in [0.2, 0.25) is 0 Å². The minimum absolute atomic E-state index is 0.201. The number of hydrogen-bond donors (Lipinski definition) is 0. The summed E-state index contributed by atoms with van der Waals surface area (Å²) in [4.78, 5) is 0. The molecule has 15 heavy (non-hydrogen) atoms. The fraction of sp³-hybridized carbons (Fsp3) is 0.444. The van der Waals surface area contributed by atoms with E-state index in [4.69, 9.17) is 0 Å². The summed E-state index contributed by atoms with van der Waals surface area (Å²) in [5.41, 5.74) is 0.729. The highest BCUT2D eigenvalue weighted by molar-refractivity contribution is 7.86. The normalized spacial score (nSPS) is 17.9. The lowest BCUT2D eigenvalue weighted by molar-refractivity contribution is -0.612. The van der Waals surface area contributed by atoms with E-state index in [2.05, 4.69) is 4.18 Å². The van der Waals surface area contributed by atoms with Gasteiger partial charge in [-0.15, -0.1) is 0 Å². The molecule has 0 spiro atoms. The highest BCUT2D eigenvalue weighted by Crippen LogP contribution is 2.04. The van der Waals surface area contributed by atoms with E-state index in [1.165, 1.54) is 6.20 Å². The quantitative estimate of drug-likeness (QED) is 0.367. The van der Waals surface area contributed by atoms with Crippen molar-refractivity contribution in [2.24, 2.45) is 0 Å². The molecule has 6 heteroatoms. The van der Waals surface area contributed by atoms with Crippen LogP contribution in [0.5, 0.6) is 0 Å². The van der Waals surface area contributed by atoms with Gasteiger partial charge in [0.2, 0.25) is 0 Å². The Hall–Kier alpha value is -1.14. The van der Waals surface area contributed by atoms with Crippen LogP contribution < -0.4 is 4.73 Å². The summed E-state index contributed by atoms with van der Waals surface area (Å²) in [6.07, 6.45) is 2.14. The summed E-state index contributed by atoms with van der Waals surface area (Å²) in [6, 6.07) is 5.32. The summed E-state index contributed by atoms with van der Waals surface area (Å²) in [6.45, 7) is 2.15. The van der Waals surface area contributed by atoms with Crippen LogP contribution >= 0.6 is 0 Å². The number of aromatic nitrogens is 1. The zero-order valence-electron chi connectivity index (χ0n) is 8.42. The molecule has 0 aliphatic carbocycles. The second-order valence-corrected chi connectivity index (χ2v) is 4.86. The molecule has 5 nitrogen and oxygen atoms in total. The zero-order chi connectivity index (χ0) is 11.3.